The molecule has 0 saturated heterocycles. The molecule has 0 aliphatic heterocycles. The number of aromatic nitrogens is 2. The molecule has 2 N–H and O–H groups in total. The number of nitrogens with zero attached hydrogens (tertiary/aromatic N) is 2. The number of carboxylic acid groups (broad SMARTS) is 1. The Morgan fingerprint density at radius 3 is 2.57 bits per heavy atom. The van der Waals surface area contributed by atoms with E-state index in [2.05, 4.69) is 10.3 Å². The molecule has 0 atom stereocenters. The zero-order valence-electron chi connectivity index (χ0n) is 15.5. The van der Waals surface area contributed by atoms with Gasteiger partial charge in [-0.05, 0) is 18.4 Å². The largest absolute Gasteiger partial charge is 0.480 e. The minimum atomic E-state index is -1.13. The molecule has 1 fully saturated rings. The van der Waals surface area contributed by atoms with Gasteiger partial charge in [-0.3, -0.25) is 19.5 Å². The van der Waals surface area contributed by atoms with Gasteiger partial charge in [0.25, 0.3) is 5.56 Å². The summed E-state index contributed by atoms with van der Waals surface area (Å²) in [6.07, 6.45) is 5.42. The first-order valence-corrected chi connectivity index (χ1v) is 9.34. The molecule has 2 aromatic rings. The molecule has 0 spiro atoms. The summed E-state index contributed by atoms with van der Waals surface area (Å²) >= 11 is 0. The van der Waals surface area contributed by atoms with Crippen molar-refractivity contribution in [1.29, 1.82) is 0 Å². The molecule has 28 heavy (non-hydrogen) atoms. The van der Waals surface area contributed by atoms with Crippen molar-refractivity contribution in [2.75, 3.05) is 5.32 Å². The van der Waals surface area contributed by atoms with Crippen LogP contribution in [-0.4, -0.2) is 26.7 Å². The molecule has 3 rings (SSSR count). The highest BCUT2D eigenvalue weighted by Crippen LogP contribution is 2.31. The van der Waals surface area contributed by atoms with Gasteiger partial charge in [0.15, 0.2) is 0 Å². The predicted molar refractivity (Wildman–Crippen MR) is 102 cm³/mol. The summed E-state index contributed by atoms with van der Waals surface area (Å²) in [5.74, 6) is -0.611. The predicted octanol–water partition coefficient (Wildman–Crippen LogP) is 3.12. The van der Waals surface area contributed by atoms with E-state index in [0.29, 0.717) is 5.82 Å². The Hall–Kier alpha value is -3.16. The fourth-order valence-electron chi connectivity index (χ4n) is 3.43. The number of nitrogens with one attached hydrogen (secondary N) is 1. The van der Waals surface area contributed by atoms with Gasteiger partial charge in [0.2, 0.25) is 0 Å². The zero-order chi connectivity index (χ0) is 19.9. The van der Waals surface area contributed by atoms with Crippen LogP contribution in [0.3, 0.4) is 0 Å². The van der Waals surface area contributed by atoms with Gasteiger partial charge in [-0.15, -0.1) is 0 Å². The Labute approximate surface area is 162 Å². The van der Waals surface area contributed by atoms with E-state index in [-0.39, 0.29) is 18.2 Å². The van der Waals surface area contributed by atoms with E-state index in [4.69, 9.17) is 4.74 Å². The van der Waals surface area contributed by atoms with Crippen LogP contribution in [0.1, 0.15) is 49.4 Å². The van der Waals surface area contributed by atoms with Gasteiger partial charge in [-0.2, -0.15) is 0 Å². The number of anilines is 1. The summed E-state index contributed by atoms with van der Waals surface area (Å²) in [5, 5.41) is 11.6. The average molecular weight is 385 g/mol. The number of hydrogen-bond donors (Lipinski definition) is 2. The number of aliphatic carboxylic acids is 1. The van der Waals surface area contributed by atoms with Crippen molar-refractivity contribution in [3.05, 3.63) is 58.3 Å². The number of benzene rings is 1. The average Bonchev–Trinajstić information content (AvgIpc) is 2.71. The normalized spacial score (nSPS) is 14.4. The number of rotatable bonds is 6. The summed E-state index contributed by atoms with van der Waals surface area (Å²) in [7, 11) is 0. The molecule has 1 aliphatic carbocycles. The Bertz CT molecular complexity index is 888. The number of ether oxygens (including phenoxy) is 1. The summed E-state index contributed by atoms with van der Waals surface area (Å²) in [6.45, 7) is -0.435. The molecule has 1 aromatic carbocycles. The first-order chi connectivity index (χ1) is 13.5. The van der Waals surface area contributed by atoms with Crippen LogP contribution in [0.4, 0.5) is 10.5 Å². The highest BCUT2D eigenvalue weighted by molar-refractivity contribution is 5.84. The maximum Gasteiger partial charge on any atom is 0.412 e. The lowest BCUT2D eigenvalue weighted by molar-refractivity contribution is -0.137. The van der Waals surface area contributed by atoms with Crippen LogP contribution < -0.4 is 10.9 Å². The second-order valence-corrected chi connectivity index (χ2v) is 6.84. The first-order valence-electron chi connectivity index (χ1n) is 9.34. The summed E-state index contributed by atoms with van der Waals surface area (Å²) in [5.41, 5.74) is 0.125. The van der Waals surface area contributed by atoms with Crippen molar-refractivity contribution in [2.24, 2.45) is 0 Å². The fourth-order valence-corrected chi connectivity index (χ4v) is 3.43. The molecule has 0 unspecified atom stereocenters. The number of carbonyl (C=O) groups excluding carboxylic acids is 1. The topological polar surface area (TPSA) is 111 Å². The Kier molecular flexibility index (Phi) is 6.41. The van der Waals surface area contributed by atoms with Crippen LogP contribution in [0.15, 0.2) is 41.3 Å². The first kappa shape index (κ1) is 19.6. The Morgan fingerprint density at radius 2 is 1.89 bits per heavy atom. The Morgan fingerprint density at radius 1 is 1.18 bits per heavy atom. The van der Waals surface area contributed by atoms with Gasteiger partial charge < -0.3 is 9.84 Å². The lowest BCUT2D eigenvalue weighted by Crippen LogP contribution is -2.33. The minimum absolute atomic E-state index is 0.0554. The molecule has 1 aliphatic rings. The van der Waals surface area contributed by atoms with E-state index < -0.39 is 24.2 Å². The summed E-state index contributed by atoms with van der Waals surface area (Å²) in [4.78, 5) is 40.4. The van der Waals surface area contributed by atoms with Gasteiger partial charge in [0.1, 0.15) is 24.7 Å². The van der Waals surface area contributed by atoms with E-state index in [9.17, 15) is 19.5 Å². The molecule has 1 amide bonds. The zero-order valence-corrected chi connectivity index (χ0v) is 15.5. The smallest absolute Gasteiger partial charge is 0.412 e. The minimum Gasteiger partial charge on any atom is -0.480 e. The third-order valence-corrected chi connectivity index (χ3v) is 4.79. The molecule has 1 saturated carbocycles. The maximum absolute atomic E-state index is 12.8. The van der Waals surface area contributed by atoms with Gasteiger partial charge in [0.05, 0.1) is 6.20 Å². The van der Waals surface area contributed by atoms with Gasteiger partial charge in [-0.25, -0.2) is 9.78 Å². The molecular formula is C20H23N3O5. The standard InChI is InChI=1S/C20H23N3O5/c24-17(25)12-23-18(15-9-5-2-6-10-15)21-11-16(19(23)26)22-20(27)28-13-14-7-3-1-4-8-14/h1,3-4,7-8,11,15H,2,5-6,9-10,12-13H2,(H,22,27)(H,24,25). The highest BCUT2D eigenvalue weighted by atomic mass is 16.5. The van der Waals surface area contributed by atoms with E-state index >= 15 is 0 Å². The molecule has 148 valence electrons. The molecule has 8 nitrogen and oxygen atoms in total. The molecular weight excluding hydrogens is 362 g/mol. The Balaban J connectivity index is 1.76. The van der Waals surface area contributed by atoms with Crippen LogP contribution in [0.2, 0.25) is 0 Å². The fraction of sp³-hybridized carbons (Fsp3) is 0.400. The van der Waals surface area contributed by atoms with Gasteiger partial charge >= 0.3 is 12.1 Å². The van der Waals surface area contributed by atoms with Crippen LogP contribution in [0, 0.1) is 0 Å². The molecule has 1 aromatic heterocycles. The molecule has 0 radical (unpaired) electrons. The second-order valence-electron chi connectivity index (χ2n) is 6.84. The van der Waals surface area contributed by atoms with E-state index in [1.54, 1.807) is 0 Å². The summed E-state index contributed by atoms with van der Waals surface area (Å²) in [6, 6.07) is 9.14. The summed E-state index contributed by atoms with van der Waals surface area (Å²) < 4.78 is 6.26. The van der Waals surface area contributed by atoms with Crippen LogP contribution in [0.25, 0.3) is 0 Å². The third-order valence-electron chi connectivity index (χ3n) is 4.79. The second kappa shape index (κ2) is 9.16. The van der Waals surface area contributed by atoms with E-state index in [0.717, 1.165) is 42.2 Å². The van der Waals surface area contributed by atoms with Crippen molar-refractivity contribution in [3.63, 3.8) is 0 Å². The maximum atomic E-state index is 12.8. The quantitative estimate of drug-likeness (QED) is 0.790. The highest BCUT2D eigenvalue weighted by Gasteiger charge is 2.23. The van der Waals surface area contributed by atoms with E-state index in [1.807, 2.05) is 30.3 Å². The monoisotopic (exact) mass is 385 g/mol. The third kappa shape index (κ3) is 4.97. The van der Waals surface area contributed by atoms with E-state index in [1.165, 1.54) is 6.20 Å². The van der Waals surface area contributed by atoms with Gasteiger partial charge in [-0.1, -0.05) is 49.6 Å². The molecule has 8 heteroatoms. The number of carbonyl (C=O) groups is 2. The van der Waals surface area contributed by atoms with Gasteiger partial charge in [0, 0.05) is 5.92 Å². The van der Waals surface area contributed by atoms with Crippen LogP contribution in [0.5, 0.6) is 0 Å². The van der Waals surface area contributed by atoms with Crippen molar-refractivity contribution < 1.29 is 19.4 Å². The molecule has 0 bridgehead atoms. The van der Waals surface area contributed by atoms with Crippen LogP contribution >= 0.6 is 0 Å². The van der Waals surface area contributed by atoms with Crippen molar-refractivity contribution in [2.45, 2.75) is 51.2 Å². The number of carboxylic acids is 1. The van der Waals surface area contributed by atoms with Crippen molar-refractivity contribution in [1.82, 2.24) is 9.55 Å². The lowest BCUT2D eigenvalue weighted by atomic mass is 9.88. The SMILES string of the molecule is O=C(O)Cn1c(C2CCCCC2)ncc(NC(=O)OCc2ccccc2)c1=O. The molecule has 1 heterocycles. The number of hydrogen-bond acceptors (Lipinski definition) is 5. The van der Waals surface area contributed by atoms with Crippen LogP contribution in [-0.2, 0) is 22.7 Å². The lowest BCUT2D eigenvalue weighted by Gasteiger charge is -2.23. The van der Waals surface area contributed by atoms with Crippen molar-refractivity contribution in [3.8, 4) is 0 Å². The number of amides is 1. The van der Waals surface area contributed by atoms with Crippen molar-refractivity contribution >= 4 is 17.7 Å².